The van der Waals surface area contributed by atoms with Crippen LogP contribution >= 0.6 is 0 Å². The SMILES string of the molecule is CCC(C)N(CCOC)c1ccc(F)cc1C(C)=O. The molecule has 0 fully saturated rings. The van der Waals surface area contributed by atoms with Gasteiger partial charge in [-0.1, -0.05) is 6.92 Å². The zero-order valence-corrected chi connectivity index (χ0v) is 12.1. The van der Waals surface area contributed by atoms with Crippen molar-refractivity contribution < 1.29 is 13.9 Å². The molecule has 4 heteroatoms. The lowest BCUT2D eigenvalue weighted by atomic mass is 10.1. The fourth-order valence-electron chi connectivity index (χ4n) is 2.03. The number of hydrogen-bond acceptors (Lipinski definition) is 3. The Balaban J connectivity index is 3.17. The van der Waals surface area contributed by atoms with Crippen molar-refractivity contribution in [3.63, 3.8) is 0 Å². The summed E-state index contributed by atoms with van der Waals surface area (Å²) in [7, 11) is 1.64. The average molecular weight is 267 g/mol. The molecule has 1 atom stereocenters. The second kappa shape index (κ2) is 7.24. The van der Waals surface area contributed by atoms with E-state index in [4.69, 9.17) is 4.74 Å². The number of hydrogen-bond donors (Lipinski definition) is 0. The Morgan fingerprint density at radius 1 is 1.47 bits per heavy atom. The summed E-state index contributed by atoms with van der Waals surface area (Å²) in [6.07, 6.45) is 0.943. The monoisotopic (exact) mass is 267 g/mol. The summed E-state index contributed by atoms with van der Waals surface area (Å²) in [5.41, 5.74) is 1.21. The molecular formula is C15H22FNO2. The summed E-state index contributed by atoms with van der Waals surface area (Å²) < 4.78 is 18.4. The zero-order valence-electron chi connectivity index (χ0n) is 12.1. The second-order valence-corrected chi connectivity index (χ2v) is 4.66. The number of anilines is 1. The van der Waals surface area contributed by atoms with Crippen LogP contribution in [0.25, 0.3) is 0 Å². The Kier molecular flexibility index (Phi) is 5.96. The molecule has 3 nitrogen and oxygen atoms in total. The molecule has 0 aliphatic rings. The summed E-state index contributed by atoms with van der Waals surface area (Å²) in [6, 6.07) is 4.64. The molecule has 1 unspecified atom stereocenters. The fraction of sp³-hybridized carbons (Fsp3) is 0.533. The number of benzene rings is 1. The third-order valence-electron chi connectivity index (χ3n) is 3.31. The van der Waals surface area contributed by atoms with E-state index < -0.39 is 0 Å². The Morgan fingerprint density at radius 2 is 2.16 bits per heavy atom. The number of methoxy groups -OCH3 is 1. The van der Waals surface area contributed by atoms with E-state index in [-0.39, 0.29) is 17.6 Å². The highest BCUT2D eigenvalue weighted by Gasteiger charge is 2.18. The molecule has 0 aliphatic carbocycles. The van der Waals surface area contributed by atoms with Gasteiger partial charge in [0.15, 0.2) is 5.78 Å². The van der Waals surface area contributed by atoms with Gasteiger partial charge in [-0.3, -0.25) is 4.79 Å². The quantitative estimate of drug-likeness (QED) is 0.710. The van der Waals surface area contributed by atoms with Crippen LogP contribution in [0.1, 0.15) is 37.6 Å². The summed E-state index contributed by atoms with van der Waals surface area (Å²) in [4.78, 5) is 13.8. The summed E-state index contributed by atoms with van der Waals surface area (Å²) in [5, 5.41) is 0. The molecule has 0 N–H and O–H groups in total. The largest absolute Gasteiger partial charge is 0.383 e. The van der Waals surface area contributed by atoms with Crippen molar-refractivity contribution in [2.75, 3.05) is 25.2 Å². The molecule has 0 spiro atoms. The van der Waals surface area contributed by atoms with Crippen LogP contribution in [0.2, 0.25) is 0 Å². The second-order valence-electron chi connectivity index (χ2n) is 4.66. The van der Waals surface area contributed by atoms with Crippen LogP contribution in [0.3, 0.4) is 0 Å². The molecule has 1 rings (SSSR count). The first kappa shape index (κ1) is 15.6. The molecule has 0 amide bonds. The average Bonchev–Trinajstić information content (AvgIpc) is 2.39. The number of nitrogens with zero attached hydrogens (tertiary/aromatic N) is 1. The van der Waals surface area contributed by atoms with Crippen molar-refractivity contribution >= 4 is 11.5 Å². The van der Waals surface area contributed by atoms with Crippen molar-refractivity contribution in [2.45, 2.75) is 33.2 Å². The van der Waals surface area contributed by atoms with E-state index in [0.29, 0.717) is 18.7 Å². The Hall–Kier alpha value is -1.42. The number of halogens is 1. The van der Waals surface area contributed by atoms with E-state index in [2.05, 4.69) is 18.7 Å². The molecule has 0 saturated carbocycles. The molecule has 106 valence electrons. The molecule has 1 aromatic rings. The van der Waals surface area contributed by atoms with Gasteiger partial charge in [0.25, 0.3) is 0 Å². The third-order valence-corrected chi connectivity index (χ3v) is 3.31. The van der Waals surface area contributed by atoms with Gasteiger partial charge in [0.05, 0.1) is 6.61 Å². The van der Waals surface area contributed by atoms with Crippen LogP contribution in [-0.4, -0.2) is 32.1 Å². The Morgan fingerprint density at radius 3 is 2.68 bits per heavy atom. The molecule has 0 aromatic heterocycles. The summed E-state index contributed by atoms with van der Waals surface area (Å²) in [6.45, 7) is 6.88. The molecule has 0 radical (unpaired) electrons. The zero-order chi connectivity index (χ0) is 14.4. The van der Waals surface area contributed by atoms with Crippen LogP contribution in [0, 0.1) is 5.82 Å². The molecule has 19 heavy (non-hydrogen) atoms. The van der Waals surface area contributed by atoms with Crippen molar-refractivity contribution in [2.24, 2.45) is 0 Å². The maximum absolute atomic E-state index is 13.3. The van der Waals surface area contributed by atoms with Gasteiger partial charge < -0.3 is 9.64 Å². The first-order valence-electron chi connectivity index (χ1n) is 6.57. The van der Waals surface area contributed by atoms with E-state index >= 15 is 0 Å². The van der Waals surface area contributed by atoms with E-state index in [1.165, 1.54) is 19.1 Å². The van der Waals surface area contributed by atoms with Crippen molar-refractivity contribution in [1.29, 1.82) is 0 Å². The highest BCUT2D eigenvalue weighted by Crippen LogP contribution is 2.25. The number of ketones is 1. The normalized spacial score (nSPS) is 12.3. The minimum Gasteiger partial charge on any atom is -0.383 e. The molecule has 0 aliphatic heterocycles. The van der Waals surface area contributed by atoms with Crippen molar-refractivity contribution in [1.82, 2.24) is 0 Å². The lowest BCUT2D eigenvalue weighted by Gasteiger charge is -2.32. The highest BCUT2D eigenvalue weighted by molar-refractivity contribution is 5.99. The van der Waals surface area contributed by atoms with Gasteiger partial charge in [0, 0.05) is 30.9 Å². The molecular weight excluding hydrogens is 245 g/mol. The maximum atomic E-state index is 13.3. The fourth-order valence-corrected chi connectivity index (χ4v) is 2.03. The smallest absolute Gasteiger partial charge is 0.161 e. The Bertz CT molecular complexity index is 434. The van der Waals surface area contributed by atoms with Gasteiger partial charge in [-0.25, -0.2) is 4.39 Å². The summed E-state index contributed by atoms with van der Waals surface area (Å²) >= 11 is 0. The van der Waals surface area contributed by atoms with Gasteiger partial charge in [0.2, 0.25) is 0 Å². The van der Waals surface area contributed by atoms with E-state index in [9.17, 15) is 9.18 Å². The van der Waals surface area contributed by atoms with Crippen LogP contribution in [0.4, 0.5) is 10.1 Å². The number of ether oxygens (including phenoxy) is 1. The van der Waals surface area contributed by atoms with E-state index in [0.717, 1.165) is 12.1 Å². The van der Waals surface area contributed by atoms with Gasteiger partial charge in [-0.2, -0.15) is 0 Å². The highest BCUT2D eigenvalue weighted by atomic mass is 19.1. The standard InChI is InChI=1S/C15H22FNO2/c1-5-11(2)17(8-9-19-4)15-7-6-13(16)10-14(15)12(3)18/h6-7,10-11H,5,8-9H2,1-4H3. The minimum atomic E-state index is -0.384. The predicted molar refractivity (Wildman–Crippen MR) is 75.4 cm³/mol. The maximum Gasteiger partial charge on any atom is 0.161 e. The number of carbonyl (C=O) groups excluding carboxylic acids is 1. The number of carbonyl (C=O) groups is 1. The lowest BCUT2D eigenvalue weighted by Crippen LogP contribution is -2.36. The van der Waals surface area contributed by atoms with Crippen LogP contribution in [-0.2, 0) is 4.74 Å². The number of rotatable bonds is 7. The lowest BCUT2D eigenvalue weighted by molar-refractivity contribution is 0.101. The third kappa shape index (κ3) is 4.03. The molecule has 0 heterocycles. The first-order valence-corrected chi connectivity index (χ1v) is 6.57. The minimum absolute atomic E-state index is 0.125. The van der Waals surface area contributed by atoms with Crippen LogP contribution < -0.4 is 4.90 Å². The first-order chi connectivity index (χ1) is 9.01. The van der Waals surface area contributed by atoms with Gasteiger partial charge in [-0.15, -0.1) is 0 Å². The number of Topliss-reactive ketones (excluding diaryl/α,β-unsaturated/α-hetero) is 1. The topological polar surface area (TPSA) is 29.5 Å². The Labute approximate surface area is 114 Å². The van der Waals surface area contributed by atoms with Crippen molar-refractivity contribution in [3.8, 4) is 0 Å². The summed E-state index contributed by atoms with van der Waals surface area (Å²) in [5.74, 6) is -0.509. The van der Waals surface area contributed by atoms with Gasteiger partial charge in [0.1, 0.15) is 5.82 Å². The van der Waals surface area contributed by atoms with Crippen LogP contribution in [0.15, 0.2) is 18.2 Å². The molecule has 1 aromatic carbocycles. The predicted octanol–water partition coefficient (Wildman–Crippen LogP) is 3.28. The van der Waals surface area contributed by atoms with Crippen LogP contribution in [0.5, 0.6) is 0 Å². The molecule has 0 bridgehead atoms. The van der Waals surface area contributed by atoms with Crippen molar-refractivity contribution in [3.05, 3.63) is 29.6 Å². The van der Waals surface area contributed by atoms with E-state index in [1.807, 2.05) is 0 Å². The van der Waals surface area contributed by atoms with E-state index in [1.54, 1.807) is 13.2 Å². The van der Waals surface area contributed by atoms with Gasteiger partial charge in [-0.05, 0) is 38.5 Å². The molecule has 0 saturated heterocycles. The van der Waals surface area contributed by atoms with Gasteiger partial charge >= 0.3 is 0 Å².